The SMILES string of the molecule is Ic1ccccc1N=Cc1ccn(C2CCCCC2)c1. The molecule has 1 saturated carbocycles. The van der Waals surface area contributed by atoms with Crippen molar-refractivity contribution in [2.75, 3.05) is 0 Å². The van der Waals surface area contributed by atoms with Crippen LogP contribution in [0.2, 0.25) is 0 Å². The van der Waals surface area contributed by atoms with Gasteiger partial charge in [-0.1, -0.05) is 31.4 Å². The summed E-state index contributed by atoms with van der Waals surface area (Å²) in [7, 11) is 0. The fourth-order valence-corrected chi connectivity index (χ4v) is 3.34. The van der Waals surface area contributed by atoms with E-state index in [2.05, 4.69) is 62.7 Å². The molecule has 0 unspecified atom stereocenters. The molecule has 1 heterocycles. The molecule has 0 spiro atoms. The van der Waals surface area contributed by atoms with Gasteiger partial charge in [-0.05, 0) is 53.6 Å². The van der Waals surface area contributed by atoms with Crippen LogP contribution in [-0.2, 0) is 0 Å². The van der Waals surface area contributed by atoms with Crippen molar-refractivity contribution in [1.29, 1.82) is 0 Å². The Kier molecular flexibility index (Phi) is 4.55. The second-order valence-corrected chi connectivity index (χ2v) is 6.56. The van der Waals surface area contributed by atoms with Gasteiger partial charge in [-0.15, -0.1) is 0 Å². The highest BCUT2D eigenvalue weighted by Crippen LogP contribution is 2.28. The van der Waals surface area contributed by atoms with Gasteiger partial charge in [-0.25, -0.2) is 0 Å². The number of halogens is 1. The van der Waals surface area contributed by atoms with Crippen LogP contribution >= 0.6 is 22.6 Å². The zero-order valence-corrected chi connectivity index (χ0v) is 13.7. The summed E-state index contributed by atoms with van der Waals surface area (Å²) in [6.45, 7) is 0. The highest BCUT2D eigenvalue weighted by molar-refractivity contribution is 14.1. The Morgan fingerprint density at radius 1 is 1.10 bits per heavy atom. The number of hydrogen-bond acceptors (Lipinski definition) is 1. The van der Waals surface area contributed by atoms with Crippen molar-refractivity contribution < 1.29 is 0 Å². The van der Waals surface area contributed by atoms with Crippen LogP contribution in [0.15, 0.2) is 47.7 Å². The molecule has 3 rings (SSSR count). The Morgan fingerprint density at radius 3 is 2.70 bits per heavy atom. The first-order valence-corrected chi connectivity index (χ1v) is 8.37. The van der Waals surface area contributed by atoms with Crippen LogP contribution in [0, 0.1) is 3.57 Å². The second-order valence-electron chi connectivity index (χ2n) is 5.39. The standard InChI is InChI=1S/C17H19IN2/c18-16-8-4-5-9-17(16)19-12-14-10-11-20(13-14)15-6-2-1-3-7-15/h4-5,8-13,15H,1-3,6-7H2. The minimum atomic E-state index is 0.697. The lowest BCUT2D eigenvalue weighted by Crippen LogP contribution is -2.10. The number of benzene rings is 1. The van der Waals surface area contributed by atoms with Crippen molar-refractivity contribution in [1.82, 2.24) is 4.57 Å². The summed E-state index contributed by atoms with van der Waals surface area (Å²) in [5.41, 5.74) is 2.23. The van der Waals surface area contributed by atoms with Gasteiger partial charge in [-0.3, -0.25) is 4.99 Å². The largest absolute Gasteiger partial charge is 0.351 e. The summed E-state index contributed by atoms with van der Waals surface area (Å²) in [6, 6.07) is 11.1. The molecule has 0 atom stereocenters. The van der Waals surface area contributed by atoms with E-state index < -0.39 is 0 Å². The molecule has 1 fully saturated rings. The fraction of sp³-hybridized carbons (Fsp3) is 0.353. The van der Waals surface area contributed by atoms with Crippen LogP contribution < -0.4 is 0 Å². The highest BCUT2D eigenvalue weighted by Gasteiger charge is 2.14. The predicted molar refractivity (Wildman–Crippen MR) is 93.0 cm³/mol. The molecule has 1 aliphatic carbocycles. The molecular formula is C17H19IN2. The maximum atomic E-state index is 4.59. The van der Waals surface area contributed by atoms with Gasteiger partial charge in [0.15, 0.2) is 0 Å². The van der Waals surface area contributed by atoms with Gasteiger partial charge >= 0.3 is 0 Å². The normalized spacial score (nSPS) is 16.9. The van der Waals surface area contributed by atoms with E-state index in [0.29, 0.717) is 6.04 Å². The van der Waals surface area contributed by atoms with Gasteiger partial charge in [0.05, 0.1) is 5.69 Å². The van der Waals surface area contributed by atoms with E-state index >= 15 is 0 Å². The molecule has 0 aliphatic heterocycles. The van der Waals surface area contributed by atoms with Crippen LogP contribution in [-0.4, -0.2) is 10.8 Å². The monoisotopic (exact) mass is 378 g/mol. The predicted octanol–water partition coefficient (Wildman–Crippen LogP) is 5.35. The van der Waals surface area contributed by atoms with Gasteiger partial charge in [0.1, 0.15) is 0 Å². The molecule has 1 aromatic heterocycles. The number of nitrogens with zero attached hydrogens (tertiary/aromatic N) is 2. The number of para-hydroxylation sites is 1. The minimum absolute atomic E-state index is 0.697. The van der Waals surface area contributed by atoms with Crippen molar-refractivity contribution in [3.05, 3.63) is 51.9 Å². The lowest BCUT2D eigenvalue weighted by molar-refractivity contribution is 0.354. The quantitative estimate of drug-likeness (QED) is 0.506. The summed E-state index contributed by atoms with van der Waals surface area (Å²) in [6.07, 6.45) is 13.2. The first-order valence-electron chi connectivity index (χ1n) is 7.29. The molecule has 0 bridgehead atoms. The Labute approximate surface area is 134 Å². The lowest BCUT2D eigenvalue weighted by atomic mass is 9.95. The molecule has 2 nitrogen and oxygen atoms in total. The summed E-state index contributed by atoms with van der Waals surface area (Å²) in [5, 5.41) is 0. The maximum Gasteiger partial charge on any atom is 0.0763 e. The molecule has 0 radical (unpaired) electrons. The van der Waals surface area contributed by atoms with Crippen molar-refractivity contribution in [2.24, 2.45) is 4.99 Å². The third kappa shape index (κ3) is 3.32. The first-order chi connectivity index (χ1) is 9.83. The molecule has 1 aliphatic rings. The van der Waals surface area contributed by atoms with Crippen LogP contribution in [0.4, 0.5) is 5.69 Å². The van der Waals surface area contributed by atoms with E-state index in [9.17, 15) is 0 Å². The van der Waals surface area contributed by atoms with E-state index in [0.717, 1.165) is 5.69 Å². The van der Waals surface area contributed by atoms with Gasteiger partial charge < -0.3 is 4.57 Å². The zero-order valence-electron chi connectivity index (χ0n) is 11.5. The van der Waals surface area contributed by atoms with Gasteiger partial charge in [0.2, 0.25) is 0 Å². The van der Waals surface area contributed by atoms with E-state index in [-0.39, 0.29) is 0 Å². The average Bonchev–Trinajstić information content (AvgIpc) is 2.96. The van der Waals surface area contributed by atoms with Gasteiger partial charge in [-0.2, -0.15) is 0 Å². The highest BCUT2D eigenvalue weighted by atomic mass is 127. The van der Waals surface area contributed by atoms with Crippen molar-refractivity contribution in [3.63, 3.8) is 0 Å². The van der Waals surface area contributed by atoms with Crippen molar-refractivity contribution in [2.45, 2.75) is 38.1 Å². The lowest BCUT2D eigenvalue weighted by Gasteiger charge is -2.23. The first kappa shape index (κ1) is 13.9. The summed E-state index contributed by atoms with van der Waals surface area (Å²) >= 11 is 2.32. The topological polar surface area (TPSA) is 17.3 Å². The third-order valence-electron chi connectivity index (χ3n) is 3.94. The average molecular weight is 378 g/mol. The molecule has 20 heavy (non-hydrogen) atoms. The van der Waals surface area contributed by atoms with Crippen molar-refractivity contribution in [3.8, 4) is 0 Å². The number of aromatic nitrogens is 1. The van der Waals surface area contributed by atoms with Crippen LogP contribution in [0.5, 0.6) is 0 Å². The molecule has 3 heteroatoms. The van der Waals surface area contributed by atoms with Crippen LogP contribution in [0.3, 0.4) is 0 Å². The summed E-state index contributed by atoms with van der Waals surface area (Å²) in [4.78, 5) is 4.59. The van der Waals surface area contributed by atoms with Gasteiger partial charge in [0, 0.05) is 33.8 Å². The van der Waals surface area contributed by atoms with Crippen LogP contribution in [0.1, 0.15) is 43.7 Å². The smallest absolute Gasteiger partial charge is 0.0763 e. The Balaban J connectivity index is 1.72. The molecular weight excluding hydrogens is 359 g/mol. The fourth-order valence-electron chi connectivity index (χ4n) is 2.81. The van der Waals surface area contributed by atoms with E-state index in [1.807, 2.05) is 18.3 Å². The molecule has 104 valence electrons. The van der Waals surface area contributed by atoms with Crippen LogP contribution in [0.25, 0.3) is 0 Å². The van der Waals surface area contributed by atoms with Crippen molar-refractivity contribution >= 4 is 34.5 Å². The minimum Gasteiger partial charge on any atom is -0.351 e. The third-order valence-corrected chi connectivity index (χ3v) is 4.85. The molecule has 2 aromatic rings. The number of aliphatic imine (C=N–C) groups is 1. The van der Waals surface area contributed by atoms with E-state index in [1.54, 1.807) is 0 Å². The summed E-state index contributed by atoms with van der Waals surface area (Å²) < 4.78 is 3.56. The Hall–Kier alpha value is -1.10. The zero-order chi connectivity index (χ0) is 13.8. The maximum absolute atomic E-state index is 4.59. The molecule has 0 saturated heterocycles. The molecule has 0 amide bonds. The summed E-state index contributed by atoms with van der Waals surface area (Å²) in [5.74, 6) is 0. The number of hydrogen-bond donors (Lipinski definition) is 0. The van der Waals surface area contributed by atoms with E-state index in [4.69, 9.17) is 0 Å². The van der Waals surface area contributed by atoms with Gasteiger partial charge in [0.25, 0.3) is 0 Å². The Bertz CT molecular complexity index is 595. The van der Waals surface area contributed by atoms with E-state index in [1.165, 1.54) is 41.2 Å². The number of rotatable bonds is 3. The molecule has 1 aromatic carbocycles. The molecule has 0 N–H and O–H groups in total. The Morgan fingerprint density at radius 2 is 1.90 bits per heavy atom. The second kappa shape index (κ2) is 6.57.